The van der Waals surface area contributed by atoms with Gasteiger partial charge in [0.1, 0.15) is 24.4 Å². The Kier molecular flexibility index (Phi) is 7.12. The number of allylic oxidation sites excluding steroid dienone is 4. The molecule has 1 aromatic carbocycles. The Bertz CT molecular complexity index is 826. The molecule has 0 amide bonds. The summed E-state index contributed by atoms with van der Waals surface area (Å²) in [6.45, 7) is 3.26. The van der Waals surface area contributed by atoms with Gasteiger partial charge in [-0.25, -0.2) is 4.98 Å². The number of hydrogen-bond donors (Lipinski definition) is 4. The average Bonchev–Trinajstić information content (AvgIpc) is 3.11. The SMILES string of the molecule is C=C/C=C\C(=C/C[C@@H]1OC(CO)[C@@H](O)C(O)[C@H]1O)Cc1nc2ccccc2s1. The summed E-state index contributed by atoms with van der Waals surface area (Å²) in [7, 11) is 0. The molecule has 0 bridgehead atoms. The van der Waals surface area contributed by atoms with E-state index in [-0.39, 0.29) is 0 Å². The van der Waals surface area contributed by atoms with E-state index in [9.17, 15) is 20.4 Å². The summed E-state index contributed by atoms with van der Waals surface area (Å²) in [6, 6.07) is 7.96. The van der Waals surface area contributed by atoms with E-state index in [0.717, 1.165) is 20.8 Å². The Labute approximate surface area is 167 Å². The van der Waals surface area contributed by atoms with Crippen LogP contribution < -0.4 is 0 Å². The molecule has 1 fully saturated rings. The van der Waals surface area contributed by atoms with Gasteiger partial charge >= 0.3 is 0 Å². The maximum atomic E-state index is 10.2. The second-order valence-electron chi connectivity index (χ2n) is 6.73. The van der Waals surface area contributed by atoms with Gasteiger partial charge in [0.15, 0.2) is 0 Å². The van der Waals surface area contributed by atoms with Gasteiger partial charge in [0.05, 0.1) is 27.9 Å². The molecule has 0 spiro atoms. The van der Waals surface area contributed by atoms with Crippen molar-refractivity contribution in [1.82, 2.24) is 4.98 Å². The fraction of sp³-hybridized carbons (Fsp3) is 0.381. The highest BCUT2D eigenvalue weighted by Crippen LogP contribution is 2.26. The molecule has 28 heavy (non-hydrogen) atoms. The number of rotatable bonds is 7. The first-order chi connectivity index (χ1) is 13.5. The number of aliphatic hydroxyl groups is 4. The monoisotopic (exact) mass is 403 g/mol. The minimum atomic E-state index is -1.36. The number of para-hydroxylation sites is 1. The third-order valence-corrected chi connectivity index (χ3v) is 5.78. The standard InChI is InChI=1S/C21H25NO5S/c1-2-3-6-13(11-18-22-14-7-4-5-8-17(14)28-18)9-10-15-19(24)21(26)20(25)16(12-23)27-15/h2-9,15-16,19-21,23-26H,1,10-12H2/b6-3-,13-9+/t15-,16?,19-,20+,21?/m0/s1. The van der Waals surface area contributed by atoms with Gasteiger partial charge in [0, 0.05) is 6.42 Å². The fourth-order valence-electron chi connectivity index (χ4n) is 3.20. The molecule has 0 radical (unpaired) electrons. The van der Waals surface area contributed by atoms with Crippen LogP contribution in [0.4, 0.5) is 0 Å². The molecule has 6 nitrogen and oxygen atoms in total. The van der Waals surface area contributed by atoms with Crippen LogP contribution in [-0.2, 0) is 11.2 Å². The average molecular weight is 404 g/mol. The van der Waals surface area contributed by atoms with Crippen LogP contribution in [0.1, 0.15) is 11.4 Å². The molecule has 2 heterocycles. The highest BCUT2D eigenvalue weighted by Gasteiger charge is 2.42. The Balaban J connectivity index is 1.76. The molecule has 7 heteroatoms. The number of fused-ring (bicyclic) bond motifs is 1. The van der Waals surface area contributed by atoms with Gasteiger partial charge in [-0.15, -0.1) is 11.3 Å². The number of hydrogen-bond acceptors (Lipinski definition) is 7. The minimum absolute atomic E-state index is 0.323. The van der Waals surface area contributed by atoms with Crippen LogP contribution in [-0.4, -0.2) is 62.5 Å². The lowest BCUT2D eigenvalue weighted by Crippen LogP contribution is -2.58. The topological polar surface area (TPSA) is 103 Å². The van der Waals surface area contributed by atoms with E-state index in [1.165, 1.54) is 0 Å². The highest BCUT2D eigenvalue weighted by molar-refractivity contribution is 7.18. The van der Waals surface area contributed by atoms with Crippen molar-refractivity contribution in [3.63, 3.8) is 0 Å². The molecule has 5 atom stereocenters. The van der Waals surface area contributed by atoms with E-state index in [2.05, 4.69) is 11.6 Å². The number of nitrogens with zero attached hydrogens (tertiary/aromatic N) is 1. The Morgan fingerprint density at radius 2 is 1.89 bits per heavy atom. The van der Waals surface area contributed by atoms with Gasteiger partial charge in [-0.1, -0.05) is 43.0 Å². The lowest BCUT2D eigenvalue weighted by atomic mass is 9.93. The normalized spacial score (nSPS) is 28.9. The van der Waals surface area contributed by atoms with Gasteiger partial charge < -0.3 is 25.2 Å². The molecule has 0 aliphatic carbocycles. The third-order valence-electron chi connectivity index (χ3n) is 4.74. The van der Waals surface area contributed by atoms with Crippen molar-refractivity contribution in [2.24, 2.45) is 0 Å². The van der Waals surface area contributed by atoms with E-state index in [1.807, 2.05) is 42.5 Å². The number of aromatic nitrogens is 1. The predicted molar refractivity (Wildman–Crippen MR) is 109 cm³/mol. The summed E-state index contributed by atoms with van der Waals surface area (Å²) in [4.78, 5) is 4.65. The summed E-state index contributed by atoms with van der Waals surface area (Å²) >= 11 is 1.63. The van der Waals surface area contributed by atoms with E-state index < -0.39 is 37.1 Å². The Morgan fingerprint density at radius 3 is 2.61 bits per heavy atom. The van der Waals surface area contributed by atoms with Crippen molar-refractivity contribution < 1.29 is 25.2 Å². The van der Waals surface area contributed by atoms with Crippen LogP contribution in [0.25, 0.3) is 10.2 Å². The van der Waals surface area contributed by atoms with Crippen molar-refractivity contribution in [2.75, 3.05) is 6.61 Å². The van der Waals surface area contributed by atoms with E-state index >= 15 is 0 Å². The molecule has 2 aromatic rings. The Hall–Kier alpha value is -1.87. The van der Waals surface area contributed by atoms with Crippen molar-refractivity contribution in [3.05, 3.63) is 65.7 Å². The number of ether oxygens (including phenoxy) is 1. The molecule has 1 aliphatic rings. The van der Waals surface area contributed by atoms with Crippen molar-refractivity contribution >= 4 is 21.6 Å². The largest absolute Gasteiger partial charge is 0.394 e. The summed E-state index contributed by atoms with van der Waals surface area (Å²) in [5.74, 6) is 0. The lowest BCUT2D eigenvalue weighted by Gasteiger charge is -2.39. The van der Waals surface area contributed by atoms with Crippen LogP contribution in [0, 0.1) is 0 Å². The quantitative estimate of drug-likeness (QED) is 0.525. The zero-order valence-corrected chi connectivity index (χ0v) is 16.2. The molecular formula is C21H25NO5S. The molecule has 1 saturated heterocycles. The summed E-state index contributed by atoms with van der Waals surface area (Å²) < 4.78 is 6.70. The van der Waals surface area contributed by atoms with Gasteiger partial charge in [0.25, 0.3) is 0 Å². The number of aliphatic hydroxyl groups excluding tert-OH is 4. The minimum Gasteiger partial charge on any atom is -0.394 e. The second kappa shape index (κ2) is 9.56. The smallest absolute Gasteiger partial charge is 0.111 e. The van der Waals surface area contributed by atoms with Crippen molar-refractivity contribution in [2.45, 2.75) is 43.4 Å². The molecule has 150 valence electrons. The van der Waals surface area contributed by atoms with E-state index in [4.69, 9.17) is 4.74 Å². The predicted octanol–water partition coefficient (Wildman–Crippen LogP) is 1.74. The molecule has 1 aliphatic heterocycles. The van der Waals surface area contributed by atoms with Crippen molar-refractivity contribution in [1.29, 1.82) is 0 Å². The molecule has 0 saturated carbocycles. The second-order valence-corrected chi connectivity index (χ2v) is 7.84. The molecular weight excluding hydrogens is 378 g/mol. The maximum Gasteiger partial charge on any atom is 0.111 e. The van der Waals surface area contributed by atoms with E-state index in [0.29, 0.717) is 12.8 Å². The van der Waals surface area contributed by atoms with Crippen LogP contribution >= 0.6 is 11.3 Å². The number of thiazole rings is 1. The van der Waals surface area contributed by atoms with E-state index in [1.54, 1.807) is 17.4 Å². The number of benzene rings is 1. The summed E-state index contributed by atoms with van der Waals surface area (Å²) in [5.41, 5.74) is 1.93. The molecule has 4 N–H and O–H groups in total. The van der Waals surface area contributed by atoms with Crippen LogP contribution in [0.2, 0.25) is 0 Å². The van der Waals surface area contributed by atoms with Gasteiger partial charge in [-0.05, 0) is 24.1 Å². The van der Waals surface area contributed by atoms with Gasteiger partial charge in [-0.2, -0.15) is 0 Å². The zero-order chi connectivity index (χ0) is 20.1. The van der Waals surface area contributed by atoms with Crippen molar-refractivity contribution in [3.8, 4) is 0 Å². The zero-order valence-electron chi connectivity index (χ0n) is 15.4. The van der Waals surface area contributed by atoms with Crippen LogP contribution in [0.15, 0.2) is 60.7 Å². The fourth-order valence-corrected chi connectivity index (χ4v) is 4.20. The Morgan fingerprint density at radius 1 is 1.14 bits per heavy atom. The highest BCUT2D eigenvalue weighted by atomic mass is 32.1. The first kappa shape index (κ1) is 20.9. The van der Waals surface area contributed by atoms with Gasteiger partial charge in [0.2, 0.25) is 0 Å². The molecule has 1 aromatic heterocycles. The van der Waals surface area contributed by atoms with Crippen LogP contribution in [0.3, 0.4) is 0 Å². The first-order valence-electron chi connectivity index (χ1n) is 9.16. The first-order valence-corrected chi connectivity index (χ1v) is 9.98. The summed E-state index contributed by atoms with van der Waals surface area (Å²) in [5, 5.41) is 40.3. The molecule has 3 rings (SSSR count). The van der Waals surface area contributed by atoms with Gasteiger partial charge in [-0.3, -0.25) is 0 Å². The molecule has 2 unspecified atom stereocenters. The lowest BCUT2D eigenvalue weighted by molar-refractivity contribution is -0.228. The maximum absolute atomic E-state index is 10.2. The van der Waals surface area contributed by atoms with Crippen LogP contribution in [0.5, 0.6) is 0 Å². The summed E-state index contributed by atoms with van der Waals surface area (Å²) in [6.07, 6.45) is 2.72. The third kappa shape index (κ3) is 4.75.